The average Bonchev–Trinajstić information content (AvgIpc) is 3.55. The van der Waals surface area contributed by atoms with Crippen LogP contribution >= 0.6 is 11.8 Å². The van der Waals surface area contributed by atoms with Crippen LogP contribution in [0.1, 0.15) is 36.5 Å². The minimum absolute atomic E-state index is 0.0963. The maximum atomic E-state index is 5.48. The SMILES string of the molecule is Cc1ccc(-n2c(SC(C)c3nc(-c4ccco4)no3)nnc2N2CCCC2)cc1. The average molecular weight is 423 g/mol. The number of thioether (sulfide) groups is 1. The molecule has 1 aromatic carbocycles. The van der Waals surface area contributed by atoms with E-state index >= 15 is 0 Å². The number of aromatic nitrogens is 5. The van der Waals surface area contributed by atoms with Gasteiger partial charge in [0.25, 0.3) is 0 Å². The number of nitrogens with zero attached hydrogens (tertiary/aromatic N) is 6. The summed E-state index contributed by atoms with van der Waals surface area (Å²) in [6.07, 6.45) is 3.95. The highest BCUT2D eigenvalue weighted by Gasteiger charge is 2.25. The predicted molar refractivity (Wildman–Crippen MR) is 114 cm³/mol. The van der Waals surface area contributed by atoms with Gasteiger partial charge in [-0.05, 0) is 51.0 Å². The Hall–Kier alpha value is -3.07. The van der Waals surface area contributed by atoms with E-state index in [2.05, 4.69) is 61.0 Å². The predicted octanol–water partition coefficient (Wildman–Crippen LogP) is 4.67. The molecule has 9 heteroatoms. The second-order valence-electron chi connectivity index (χ2n) is 7.34. The van der Waals surface area contributed by atoms with Gasteiger partial charge in [-0.1, -0.05) is 34.6 Å². The molecule has 1 unspecified atom stereocenters. The Morgan fingerprint density at radius 2 is 1.87 bits per heavy atom. The van der Waals surface area contributed by atoms with Crippen molar-refractivity contribution in [3.8, 4) is 17.3 Å². The van der Waals surface area contributed by atoms with E-state index in [9.17, 15) is 0 Å². The number of benzene rings is 1. The summed E-state index contributed by atoms with van der Waals surface area (Å²) < 4.78 is 13.0. The Balaban J connectivity index is 1.45. The molecule has 4 heterocycles. The van der Waals surface area contributed by atoms with E-state index in [0.29, 0.717) is 17.5 Å². The van der Waals surface area contributed by atoms with Gasteiger partial charge < -0.3 is 13.8 Å². The highest BCUT2D eigenvalue weighted by molar-refractivity contribution is 7.99. The molecule has 1 atom stereocenters. The van der Waals surface area contributed by atoms with Crippen LogP contribution in [0.15, 0.2) is 56.8 Å². The lowest BCUT2D eigenvalue weighted by Gasteiger charge is -2.19. The first kappa shape index (κ1) is 18.9. The van der Waals surface area contributed by atoms with Crippen LogP contribution in [-0.4, -0.2) is 38.0 Å². The Bertz CT molecular complexity index is 1110. The molecule has 5 rings (SSSR count). The minimum atomic E-state index is -0.0963. The third kappa shape index (κ3) is 3.60. The quantitative estimate of drug-likeness (QED) is 0.414. The second kappa shape index (κ2) is 7.98. The van der Waals surface area contributed by atoms with E-state index in [1.165, 1.54) is 18.4 Å². The number of hydrogen-bond acceptors (Lipinski definition) is 8. The standard InChI is InChI=1S/C21H22N6O2S/c1-14-7-9-16(10-8-14)27-20(26-11-3-4-12-26)23-24-21(27)30-15(2)19-22-18(25-29-19)17-6-5-13-28-17/h5-10,13,15H,3-4,11-12H2,1-2H3. The van der Waals surface area contributed by atoms with Crippen LogP contribution in [0.5, 0.6) is 0 Å². The van der Waals surface area contributed by atoms with Gasteiger partial charge in [0.1, 0.15) is 0 Å². The third-order valence-electron chi connectivity index (χ3n) is 5.11. The Morgan fingerprint density at radius 3 is 2.60 bits per heavy atom. The van der Waals surface area contributed by atoms with E-state index < -0.39 is 0 Å². The van der Waals surface area contributed by atoms with Gasteiger partial charge >= 0.3 is 0 Å². The minimum Gasteiger partial charge on any atom is -0.461 e. The molecule has 1 fully saturated rings. The summed E-state index contributed by atoms with van der Waals surface area (Å²) in [4.78, 5) is 6.78. The van der Waals surface area contributed by atoms with Gasteiger partial charge in [-0.25, -0.2) is 0 Å². The summed E-state index contributed by atoms with van der Waals surface area (Å²) in [5.74, 6) is 2.43. The van der Waals surface area contributed by atoms with Gasteiger partial charge in [-0.3, -0.25) is 4.57 Å². The first-order valence-electron chi connectivity index (χ1n) is 10.0. The summed E-state index contributed by atoms with van der Waals surface area (Å²) in [6.45, 7) is 6.11. The third-order valence-corrected chi connectivity index (χ3v) is 6.14. The van der Waals surface area contributed by atoms with Gasteiger partial charge in [0.2, 0.25) is 17.7 Å². The van der Waals surface area contributed by atoms with Crippen molar-refractivity contribution in [3.05, 3.63) is 54.1 Å². The van der Waals surface area contributed by atoms with Crippen molar-refractivity contribution in [2.45, 2.75) is 37.1 Å². The maximum absolute atomic E-state index is 5.48. The van der Waals surface area contributed by atoms with Gasteiger partial charge in [0.15, 0.2) is 10.9 Å². The van der Waals surface area contributed by atoms with Gasteiger partial charge in [0.05, 0.1) is 17.2 Å². The van der Waals surface area contributed by atoms with Crippen LogP contribution in [0.3, 0.4) is 0 Å². The highest BCUT2D eigenvalue weighted by atomic mass is 32.2. The molecular formula is C21H22N6O2S. The monoisotopic (exact) mass is 422 g/mol. The number of furan rings is 1. The fraction of sp³-hybridized carbons (Fsp3) is 0.333. The summed E-state index contributed by atoms with van der Waals surface area (Å²) in [7, 11) is 0. The zero-order chi connectivity index (χ0) is 20.5. The maximum Gasteiger partial charge on any atom is 0.240 e. The van der Waals surface area contributed by atoms with E-state index in [0.717, 1.165) is 29.9 Å². The van der Waals surface area contributed by atoms with Crippen LogP contribution in [0, 0.1) is 6.92 Å². The first-order chi connectivity index (χ1) is 14.7. The van der Waals surface area contributed by atoms with E-state index in [1.807, 2.05) is 13.0 Å². The largest absolute Gasteiger partial charge is 0.461 e. The zero-order valence-electron chi connectivity index (χ0n) is 16.9. The van der Waals surface area contributed by atoms with Crippen LogP contribution in [0.4, 0.5) is 5.95 Å². The summed E-state index contributed by atoms with van der Waals surface area (Å²) >= 11 is 1.55. The zero-order valence-corrected chi connectivity index (χ0v) is 17.7. The molecule has 0 aliphatic carbocycles. The smallest absolute Gasteiger partial charge is 0.240 e. The lowest BCUT2D eigenvalue weighted by atomic mass is 10.2. The van der Waals surface area contributed by atoms with Crippen LogP contribution < -0.4 is 4.90 Å². The molecule has 0 amide bonds. The Morgan fingerprint density at radius 1 is 1.07 bits per heavy atom. The van der Waals surface area contributed by atoms with E-state index in [-0.39, 0.29) is 5.25 Å². The van der Waals surface area contributed by atoms with Crippen LogP contribution in [0.2, 0.25) is 0 Å². The molecule has 0 spiro atoms. The van der Waals surface area contributed by atoms with Crippen molar-refractivity contribution in [1.29, 1.82) is 0 Å². The molecule has 154 valence electrons. The van der Waals surface area contributed by atoms with E-state index in [4.69, 9.17) is 8.94 Å². The van der Waals surface area contributed by atoms with Crippen molar-refractivity contribution in [3.63, 3.8) is 0 Å². The van der Waals surface area contributed by atoms with Crippen molar-refractivity contribution in [2.75, 3.05) is 18.0 Å². The number of aryl methyl sites for hydroxylation is 1. The fourth-order valence-corrected chi connectivity index (χ4v) is 4.39. The molecule has 1 aliphatic rings. The second-order valence-corrected chi connectivity index (χ2v) is 8.65. The highest BCUT2D eigenvalue weighted by Crippen LogP contribution is 2.37. The molecule has 30 heavy (non-hydrogen) atoms. The number of hydrogen-bond donors (Lipinski definition) is 0. The van der Waals surface area contributed by atoms with Crippen molar-refractivity contribution < 1.29 is 8.94 Å². The van der Waals surface area contributed by atoms with Crippen molar-refractivity contribution >= 4 is 17.7 Å². The molecule has 0 bridgehead atoms. The molecule has 0 N–H and O–H groups in total. The number of anilines is 1. The number of rotatable bonds is 6. The summed E-state index contributed by atoms with van der Waals surface area (Å²) in [5, 5.41) is 13.8. The lowest BCUT2D eigenvalue weighted by Crippen LogP contribution is -2.22. The summed E-state index contributed by atoms with van der Waals surface area (Å²) in [5.41, 5.74) is 2.26. The molecular weight excluding hydrogens is 400 g/mol. The first-order valence-corrected chi connectivity index (χ1v) is 10.9. The molecule has 3 aromatic heterocycles. The molecule has 8 nitrogen and oxygen atoms in total. The van der Waals surface area contributed by atoms with E-state index in [1.54, 1.807) is 24.1 Å². The topological polar surface area (TPSA) is 86.0 Å². The van der Waals surface area contributed by atoms with Crippen molar-refractivity contribution in [2.24, 2.45) is 0 Å². The van der Waals surface area contributed by atoms with Crippen LogP contribution in [-0.2, 0) is 0 Å². The molecule has 0 saturated carbocycles. The van der Waals surface area contributed by atoms with Gasteiger partial charge in [0, 0.05) is 13.1 Å². The lowest BCUT2D eigenvalue weighted by molar-refractivity contribution is 0.379. The Kier molecular flexibility index (Phi) is 5.04. The van der Waals surface area contributed by atoms with Crippen LogP contribution in [0.25, 0.3) is 17.3 Å². The normalized spacial score (nSPS) is 15.1. The molecule has 0 radical (unpaired) electrons. The van der Waals surface area contributed by atoms with Gasteiger partial charge in [-0.15, -0.1) is 10.2 Å². The van der Waals surface area contributed by atoms with Crippen molar-refractivity contribution in [1.82, 2.24) is 24.9 Å². The summed E-state index contributed by atoms with van der Waals surface area (Å²) in [6, 6.07) is 12.0. The molecule has 1 aliphatic heterocycles. The molecule has 1 saturated heterocycles. The Labute approximate surface area is 178 Å². The fourth-order valence-electron chi connectivity index (χ4n) is 3.50. The molecule has 4 aromatic rings. The van der Waals surface area contributed by atoms with Gasteiger partial charge in [-0.2, -0.15) is 4.98 Å².